The van der Waals surface area contributed by atoms with Crippen molar-refractivity contribution in [1.82, 2.24) is 36.3 Å². The Morgan fingerprint density at radius 2 is 1.90 bits per heavy atom. The van der Waals surface area contributed by atoms with Crippen molar-refractivity contribution >= 4 is 5.91 Å². The lowest BCUT2D eigenvalue weighted by atomic mass is 10.1. The standard InChI is InChI=1S/C19H27N7O4/c1-5-6-28-18-16(29-11-14-9-25(3)23-21-14)7-13(19(27)20-2)8-17(18)30-12-15-10-26(4)24-22-15/h7-10,21,23H,5-6,11-12H2,1-4H3,(H,20,27). The van der Waals surface area contributed by atoms with E-state index in [1.54, 1.807) is 42.1 Å². The summed E-state index contributed by atoms with van der Waals surface area (Å²) in [7, 11) is 5.21. The highest BCUT2D eigenvalue weighted by Gasteiger charge is 2.20. The number of aromatic nitrogens is 3. The first-order valence-corrected chi connectivity index (χ1v) is 9.59. The van der Waals surface area contributed by atoms with Gasteiger partial charge in [0.1, 0.15) is 18.9 Å². The molecule has 2 heterocycles. The predicted molar refractivity (Wildman–Crippen MR) is 109 cm³/mol. The second-order valence-corrected chi connectivity index (χ2v) is 6.69. The van der Waals surface area contributed by atoms with E-state index >= 15 is 0 Å². The second-order valence-electron chi connectivity index (χ2n) is 6.69. The van der Waals surface area contributed by atoms with Crippen molar-refractivity contribution in [3.8, 4) is 17.2 Å². The number of nitrogens with zero attached hydrogens (tertiary/aromatic N) is 4. The summed E-state index contributed by atoms with van der Waals surface area (Å²) in [5, 5.41) is 12.3. The molecule has 1 aromatic carbocycles. The van der Waals surface area contributed by atoms with Gasteiger partial charge in [0.2, 0.25) is 5.75 Å². The fraction of sp³-hybridized carbons (Fsp3) is 0.421. The molecule has 2 aromatic rings. The third-order valence-corrected chi connectivity index (χ3v) is 4.11. The number of carbonyl (C=O) groups is 1. The molecule has 3 N–H and O–H groups in total. The Bertz CT molecular complexity index is 912. The van der Waals surface area contributed by atoms with E-state index in [2.05, 4.69) is 26.6 Å². The minimum Gasteiger partial charge on any atom is -0.486 e. The van der Waals surface area contributed by atoms with E-state index in [9.17, 15) is 4.79 Å². The van der Waals surface area contributed by atoms with Crippen molar-refractivity contribution in [1.29, 1.82) is 0 Å². The van der Waals surface area contributed by atoms with Crippen LogP contribution in [0.25, 0.3) is 0 Å². The summed E-state index contributed by atoms with van der Waals surface area (Å²) in [6, 6.07) is 3.28. The SMILES string of the molecule is CCCOc1c(OCC2=CN(C)NN2)cc(C(=O)NC)cc1OCc1cn(C)nn1. The first kappa shape index (κ1) is 21.2. The predicted octanol–water partition coefficient (Wildman–Crippen LogP) is 0.717. The van der Waals surface area contributed by atoms with E-state index in [4.69, 9.17) is 14.2 Å². The Balaban J connectivity index is 1.89. The van der Waals surface area contributed by atoms with Gasteiger partial charge in [-0.1, -0.05) is 12.1 Å². The summed E-state index contributed by atoms with van der Waals surface area (Å²) in [6.45, 7) is 2.91. The van der Waals surface area contributed by atoms with Crippen LogP contribution >= 0.6 is 0 Å². The summed E-state index contributed by atoms with van der Waals surface area (Å²) in [5.74, 6) is 0.990. The van der Waals surface area contributed by atoms with E-state index in [-0.39, 0.29) is 19.1 Å². The third-order valence-electron chi connectivity index (χ3n) is 4.11. The Labute approximate surface area is 174 Å². The van der Waals surface area contributed by atoms with Crippen molar-refractivity contribution < 1.29 is 19.0 Å². The first-order valence-electron chi connectivity index (χ1n) is 9.59. The number of hydrogen-bond donors (Lipinski definition) is 3. The molecular weight excluding hydrogens is 390 g/mol. The molecule has 1 aromatic heterocycles. The molecule has 0 atom stereocenters. The van der Waals surface area contributed by atoms with Crippen LogP contribution in [-0.2, 0) is 13.7 Å². The Morgan fingerprint density at radius 3 is 2.47 bits per heavy atom. The van der Waals surface area contributed by atoms with Crippen LogP contribution in [0.4, 0.5) is 0 Å². The maximum absolute atomic E-state index is 12.3. The minimum atomic E-state index is -0.258. The molecule has 162 valence electrons. The number of nitrogens with one attached hydrogen (secondary N) is 3. The maximum Gasteiger partial charge on any atom is 0.251 e. The molecule has 0 radical (unpaired) electrons. The highest BCUT2D eigenvalue weighted by atomic mass is 16.5. The van der Waals surface area contributed by atoms with Crippen LogP contribution in [0.15, 0.2) is 30.2 Å². The van der Waals surface area contributed by atoms with Gasteiger partial charge in [-0.3, -0.25) is 14.5 Å². The molecule has 0 spiro atoms. The molecule has 0 saturated heterocycles. The lowest BCUT2D eigenvalue weighted by Crippen LogP contribution is -2.34. The molecule has 0 aliphatic carbocycles. The van der Waals surface area contributed by atoms with Gasteiger partial charge in [0.25, 0.3) is 5.91 Å². The Kier molecular flexibility index (Phi) is 6.96. The molecule has 1 amide bonds. The molecule has 1 aliphatic heterocycles. The minimum absolute atomic E-state index is 0.175. The normalized spacial score (nSPS) is 12.9. The molecule has 0 bridgehead atoms. The van der Waals surface area contributed by atoms with Crippen LogP contribution in [0, 0.1) is 0 Å². The second kappa shape index (κ2) is 9.83. The molecule has 0 saturated carbocycles. The van der Waals surface area contributed by atoms with Crippen LogP contribution in [0.2, 0.25) is 0 Å². The van der Waals surface area contributed by atoms with E-state index in [0.717, 1.165) is 12.1 Å². The summed E-state index contributed by atoms with van der Waals surface area (Å²) >= 11 is 0. The molecular formula is C19H27N7O4. The van der Waals surface area contributed by atoms with E-state index in [1.165, 1.54) is 0 Å². The monoisotopic (exact) mass is 417 g/mol. The summed E-state index contributed by atoms with van der Waals surface area (Å²) in [6.07, 6.45) is 4.43. The smallest absolute Gasteiger partial charge is 0.251 e. The maximum atomic E-state index is 12.3. The summed E-state index contributed by atoms with van der Waals surface area (Å²) in [5.41, 5.74) is 7.79. The third kappa shape index (κ3) is 5.32. The number of benzene rings is 1. The molecule has 1 aliphatic rings. The van der Waals surface area contributed by atoms with Crippen molar-refractivity contribution in [2.24, 2.45) is 7.05 Å². The fourth-order valence-electron chi connectivity index (χ4n) is 2.71. The molecule has 3 rings (SSSR count). The number of ether oxygens (including phenoxy) is 3. The van der Waals surface area contributed by atoms with E-state index in [1.807, 2.05) is 20.2 Å². The van der Waals surface area contributed by atoms with Gasteiger partial charge in [0.15, 0.2) is 11.5 Å². The number of rotatable bonds is 10. The van der Waals surface area contributed by atoms with Crippen LogP contribution < -0.4 is 30.5 Å². The van der Waals surface area contributed by atoms with Crippen molar-refractivity contribution in [3.05, 3.63) is 41.5 Å². The van der Waals surface area contributed by atoms with Gasteiger partial charge in [0, 0.05) is 32.9 Å². The zero-order chi connectivity index (χ0) is 21.5. The zero-order valence-electron chi connectivity index (χ0n) is 17.6. The number of hydrazine groups is 2. The number of aryl methyl sites for hydroxylation is 1. The molecule has 0 fully saturated rings. The highest BCUT2D eigenvalue weighted by Crippen LogP contribution is 2.39. The average Bonchev–Trinajstić information content (AvgIpc) is 3.36. The molecule has 11 nitrogen and oxygen atoms in total. The zero-order valence-corrected chi connectivity index (χ0v) is 17.6. The van der Waals surface area contributed by atoms with Crippen molar-refractivity contribution in [2.45, 2.75) is 20.0 Å². The Hall–Kier alpha value is -3.47. The van der Waals surface area contributed by atoms with Gasteiger partial charge >= 0.3 is 0 Å². The lowest BCUT2D eigenvalue weighted by Gasteiger charge is -2.18. The van der Waals surface area contributed by atoms with Crippen LogP contribution in [0.1, 0.15) is 29.4 Å². The molecule has 0 unspecified atom stereocenters. The molecule has 11 heteroatoms. The Morgan fingerprint density at radius 1 is 1.17 bits per heavy atom. The average molecular weight is 417 g/mol. The first-order chi connectivity index (χ1) is 14.5. The van der Waals surface area contributed by atoms with E-state index in [0.29, 0.717) is 35.1 Å². The number of amides is 1. The largest absolute Gasteiger partial charge is 0.486 e. The van der Waals surface area contributed by atoms with Crippen molar-refractivity contribution in [2.75, 3.05) is 27.3 Å². The van der Waals surface area contributed by atoms with Gasteiger partial charge in [0.05, 0.1) is 18.5 Å². The quantitative estimate of drug-likeness (QED) is 0.514. The van der Waals surface area contributed by atoms with Gasteiger partial charge in [-0.05, 0) is 18.6 Å². The number of hydrogen-bond acceptors (Lipinski definition) is 9. The van der Waals surface area contributed by atoms with Crippen LogP contribution in [-0.4, -0.2) is 53.2 Å². The van der Waals surface area contributed by atoms with Gasteiger partial charge in [-0.15, -0.1) is 10.6 Å². The summed E-state index contributed by atoms with van der Waals surface area (Å²) in [4.78, 5) is 12.3. The number of carbonyl (C=O) groups excluding carboxylic acids is 1. The topological polar surface area (TPSA) is 115 Å². The van der Waals surface area contributed by atoms with Crippen LogP contribution in [0.3, 0.4) is 0 Å². The van der Waals surface area contributed by atoms with E-state index < -0.39 is 0 Å². The van der Waals surface area contributed by atoms with Crippen LogP contribution in [0.5, 0.6) is 17.2 Å². The van der Waals surface area contributed by atoms with Gasteiger partial charge in [-0.25, -0.2) is 0 Å². The lowest BCUT2D eigenvalue weighted by molar-refractivity contribution is 0.0962. The molecule has 30 heavy (non-hydrogen) atoms. The van der Waals surface area contributed by atoms with Gasteiger partial charge in [-0.2, -0.15) is 0 Å². The van der Waals surface area contributed by atoms with Gasteiger partial charge < -0.3 is 25.0 Å². The highest BCUT2D eigenvalue weighted by molar-refractivity contribution is 5.95. The van der Waals surface area contributed by atoms with Crippen molar-refractivity contribution in [3.63, 3.8) is 0 Å². The summed E-state index contributed by atoms with van der Waals surface area (Å²) < 4.78 is 19.5. The fourth-order valence-corrected chi connectivity index (χ4v) is 2.71.